The van der Waals surface area contributed by atoms with E-state index in [1.54, 1.807) is 0 Å². The molecule has 1 saturated heterocycles. The molecule has 2 nitrogen and oxygen atoms in total. The van der Waals surface area contributed by atoms with Gasteiger partial charge in [0.05, 0.1) is 0 Å². The van der Waals surface area contributed by atoms with E-state index in [4.69, 9.17) is 0 Å². The molecule has 112 valence electrons. The summed E-state index contributed by atoms with van der Waals surface area (Å²) in [4.78, 5) is 2.66. The molecule has 2 unspecified atom stereocenters. The molecule has 1 N–H and O–H groups in total. The van der Waals surface area contributed by atoms with Crippen LogP contribution in [0.4, 0.5) is 0 Å². The van der Waals surface area contributed by atoms with Gasteiger partial charge in [-0.3, -0.25) is 4.90 Å². The van der Waals surface area contributed by atoms with Crippen LogP contribution in [0.1, 0.15) is 51.7 Å². The quantitative estimate of drug-likeness (QED) is 0.878. The highest BCUT2D eigenvalue weighted by atomic mass is 15.2. The van der Waals surface area contributed by atoms with Crippen molar-refractivity contribution in [2.45, 2.75) is 65.7 Å². The van der Waals surface area contributed by atoms with Crippen LogP contribution in [0.15, 0.2) is 24.3 Å². The van der Waals surface area contributed by atoms with Gasteiger partial charge < -0.3 is 5.32 Å². The van der Waals surface area contributed by atoms with Gasteiger partial charge in [-0.15, -0.1) is 0 Å². The molecule has 20 heavy (non-hydrogen) atoms. The Hall–Kier alpha value is -0.860. The zero-order valence-corrected chi connectivity index (χ0v) is 13.5. The molecule has 0 saturated carbocycles. The number of benzene rings is 1. The Morgan fingerprint density at radius 2 is 1.90 bits per heavy atom. The van der Waals surface area contributed by atoms with E-state index in [2.05, 4.69) is 62.2 Å². The lowest BCUT2D eigenvalue weighted by Gasteiger charge is -2.38. The van der Waals surface area contributed by atoms with Gasteiger partial charge in [-0.25, -0.2) is 0 Å². The van der Waals surface area contributed by atoms with Gasteiger partial charge in [0, 0.05) is 25.2 Å². The van der Waals surface area contributed by atoms with Crippen molar-refractivity contribution in [3.63, 3.8) is 0 Å². The molecule has 2 heteroatoms. The lowest BCUT2D eigenvalue weighted by Crippen LogP contribution is -2.42. The van der Waals surface area contributed by atoms with Crippen LogP contribution < -0.4 is 5.32 Å². The number of rotatable bonds is 5. The molecule has 0 bridgehead atoms. The van der Waals surface area contributed by atoms with Crippen LogP contribution in [0.25, 0.3) is 0 Å². The fourth-order valence-corrected chi connectivity index (χ4v) is 3.06. The molecule has 1 aliphatic heterocycles. The Bertz CT molecular complexity index is 414. The predicted octanol–water partition coefficient (Wildman–Crippen LogP) is 3.81. The first-order valence-electron chi connectivity index (χ1n) is 8.12. The minimum atomic E-state index is 0.539. The first-order valence-corrected chi connectivity index (χ1v) is 8.12. The van der Waals surface area contributed by atoms with Crippen molar-refractivity contribution < 1.29 is 0 Å². The molecule has 0 amide bonds. The first kappa shape index (κ1) is 15.5. The fraction of sp³-hybridized carbons (Fsp3) is 0.667. The third-order valence-corrected chi connectivity index (χ3v) is 4.70. The van der Waals surface area contributed by atoms with Gasteiger partial charge in [-0.1, -0.05) is 45.0 Å². The van der Waals surface area contributed by atoms with E-state index in [0.717, 1.165) is 19.0 Å². The molecule has 1 heterocycles. The smallest absolute Gasteiger partial charge is 0.0239 e. The maximum Gasteiger partial charge on any atom is 0.0239 e. The van der Waals surface area contributed by atoms with Crippen molar-refractivity contribution >= 4 is 0 Å². The number of nitrogens with zero attached hydrogens (tertiary/aromatic N) is 1. The van der Waals surface area contributed by atoms with Gasteiger partial charge >= 0.3 is 0 Å². The zero-order chi connectivity index (χ0) is 14.5. The SMILES string of the molecule is CC(C)NCc1ccccc1CN1CCCC(C)C1C. The number of piperidine rings is 1. The maximum atomic E-state index is 3.54. The highest BCUT2D eigenvalue weighted by Gasteiger charge is 2.24. The normalized spacial score (nSPS) is 24.2. The number of hydrogen-bond donors (Lipinski definition) is 1. The van der Waals surface area contributed by atoms with Crippen molar-refractivity contribution in [2.75, 3.05) is 6.54 Å². The molecule has 0 aliphatic carbocycles. The first-order chi connectivity index (χ1) is 9.58. The van der Waals surface area contributed by atoms with E-state index in [1.807, 2.05) is 0 Å². The third kappa shape index (κ3) is 4.07. The Balaban J connectivity index is 2.04. The highest BCUT2D eigenvalue weighted by molar-refractivity contribution is 5.27. The van der Waals surface area contributed by atoms with Crippen molar-refractivity contribution in [3.8, 4) is 0 Å². The molecule has 2 atom stereocenters. The van der Waals surface area contributed by atoms with E-state index in [1.165, 1.54) is 30.5 Å². The Morgan fingerprint density at radius 1 is 1.20 bits per heavy atom. The van der Waals surface area contributed by atoms with Crippen molar-refractivity contribution in [1.29, 1.82) is 0 Å². The molecule has 0 spiro atoms. The second-order valence-electron chi connectivity index (χ2n) is 6.63. The van der Waals surface area contributed by atoms with E-state index in [9.17, 15) is 0 Å². The summed E-state index contributed by atoms with van der Waals surface area (Å²) in [6.45, 7) is 12.5. The summed E-state index contributed by atoms with van der Waals surface area (Å²) in [7, 11) is 0. The van der Waals surface area contributed by atoms with Crippen molar-refractivity contribution in [2.24, 2.45) is 5.92 Å². The molecular weight excluding hydrogens is 244 g/mol. The topological polar surface area (TPSA) is 15.3 Å². The van der Waals surface area contributed by atoms with Crippen LogP contribution in [-0.2, 0) is 13.1 Å². The summed E-state index contributed by atoms with van der Waals surface area (Å²) >= 11 is 0. The Kier molecular flexibility index (Phi) is 5.62. The summed E-state index contributed by atoms with van der Waals surface area (Å²) in [5.41, 5.74) is 2.94. The molecule has 1 aromatic rings. The lowest BCUT2D eigenvalue weighted by atomic mass is 9.91. The van der Waals surface area contributed by atoms with Crippen LogP contribution in [0.5, 0.6) is 0 Å². The molecule has 1 aliphatic rings. The van der Waals surface area contributed by atoms with Gasteiger partial charge in [0.1, 0.15) is 0 Å². The maximum absolute atomic E-state index is 3.54. The minimum Gasteiger partial charge on any atom is -0.310 e. The van der Waals surface area contributed by atoms with E-state index in [0.29, 0.717) is 12.1 Å². The molecule has 0 radical (unpaired) electrons. The van der Waals surface area contributed by atoms with Gasteiger partial charge in [0.2, 0.25) is 0 Å². The van der Waals surface area contributed by atoms with Gasteiger partial charge in [-0.05, 0) is 43.4 Å². The van der Waals surface area contributed by atoms with Gasteiger partial charge in [0.25, 0.3) is 0 Å². The molecular formula is C18H30N2. The monoisotopic (exact) mass is 274 g/mol. The molecule has 2 rings (SSSR count). The third-order valence-electron chi connectivity index (χ3n) is 4.70. The average Bonchev–Trinajstić information content (AvgIpc) is 2.43. The second-order valence-corrected chi connectivity index (χ2v) is 6.63. The standard InChI is InChI=1S/C18H30N2/c1-14(2)19-12-17-9-5-6-10-18(17)13-20-11-7-8-15(3)16(20)4/h5-6,9-10,14-16,19H,7-8,11-13H2,1-4H3. The number of likely N-dealkylation sites (tertiary alicyclic amines) is 1. The van der Waals surface area contributed by atoms with E-state index in [-0.39, 0.29) is 0 Å². The Morgan fingerprint density at radius 3 is 2.60 bits per heavy atom. The summed E-state index contributed by atoms with van der Waals surface area (Å²) < 4.78 is 0. The lowest BCUT2D eigenvalue weighted by molar-refractivity contribution is 0.106. The fourth-order valence-electron chi connectivity index (χ4n) is 3.06. The highest BCUT2D eigenvalue weighted by Crippen LogP contribution is 2.25. The van der Waals surface area contributed by atoms with Crippen LogP contribution in [0.2, 0.25) is 0 Å². The van der Waals surface area contributed by atoms with Crippen LogP contribution >= 0.6 is 0 Å². The summed E-state index contributed by atoms with van der Waals surface area (Å²) in [5, 5.41) is 3.54. The van der Waals surface area contributed by atoms with E-state index >= 15 is 0 Å². The van der Waals surface area contributed by atoms with Crippen LogP contribution in [-0.4, -0.2) is 23.5 Å². The van der Waals surface area contributed by atoms with Gasteiger partial charge in [-0.2, -0.15) is 0 Å². The molecule has 1 aromatic carbocycles. The molecule has 1 fully saturated rings. The van der Waals surface area contributed by atoms with Crippen molar-refractivity contribution in [3.05, 3.63) is 35.4 Å². The number of hydrogen-bond acceptors (Lipinski definition) is 2. The van der Waals surface area contributed by atoms with E-state index < -0.39 is 0 Å². The number of nitrogens with one attached hydrogen (secondary N) is 1. The second kappa shape index (κ2) is 7.24. The average molecular weight is 274 g/mol. The Labute approximate surface area is 124 Å². The van der Waals surface area contributed by atoms with Gasteiger partial charge in [0.15, 0.2) is 0 Å². The van der Waals surface area contributed by atoms with Crippen LogP contribution in [0.3, 0.4) is 0 Å². The summed E-state index contributed by atoms with van der Waals surface area (Å²) in [6.07, 6.45) is 2.73. The minimum absolute atomic E-state index is 0.539. The van der Waals surface area contributed by atoms with Crippen molar-refractivity contribution in [1.82, 2.24) is 10.2 Å². The zero-order valence-electron chi connectivity index (χ0n) is 13.5. The predicted molar refractivity (Wildman–Crippen MR) is 86.7 cm³/mol. The summed E-state index contributed by atoms with van der Waals surface area (Å²) in [6, 6.07) is 10.1. The molecule has 0 aromatic heterocycles. The largest absolute Gasteiger partial charge is 0.310 e. The summed E-state index contributed by atoms with van der Waals surface area (Å²) in [5.74, 6) is 0.824. The van der Waals surface area contributed by atoms with Crippen LogP contribution in [0, 0.1) is 5.92 Å².